The van der Waals surface area contributed by atoms with Gasteiger partial charge in [0, 0.05) is 10.5 Å². The van der Waals surface area contributed by atoms with E-state index in [-0.39, 0.29) is 0 Å². The van der Waals surface area contributed by atoms with Crippen LogP contribution < -0.4 is 9.47 Å². The topological polar surface area (TPSA) is 70.5 Å². The number of nitrogens with zero attached hydrogens (tertiary/aromatic N) is 2. The number of halogens is 1. The van der Waals surface area contributed by atoms with E-state index >= 15 is 0 Å². The molecule has 0 N–H and O–H groups in total. The maximum absolute atomic E-state index is 5.62. The number of ether oxygens (including phenoxy) is 2. The molecule has 0 atom stereocenters. The Bertz CT molecular complexity index is 1340. The Kier molecular flexibility index (Phi) is 4.95. The van der Waals surface area contributed by atoms with Crippen molar-refractivity contribution in [3.8, 4) is 45.5 Å². The Morgan fingerprint density at radius 3 is 1.77 bits per heavy atom. The van der Waals surface area contributed by atoms with Gasteiger partial charge in [0.05, 0.1) is 37.8 Å². The Morgan fingerprint density at radius 2 is 1.29 bits per heavy atom. The molecule has 5 aromatic rings. The highest BCUT2D eigenvalue weighted by Gasteiger charge is 2.19. The number of rotatable bonds is 5. The van der Waals surface area contributed by atoms with E-state index in [1.807, 2.05) is 54.6 Å². The molecule has 31 heavy (non-hydrogen) atoms. The van der Waals surface area contributed by atoms with E-state index < -0.39 is 0 Å². The highest BCUT2D eigenvalue weighted by Crippen LogP contribution is 2.38. The lowest BCUT2D eigenvalue weighted by molar-refractivity contribution is 0.394. The fraction of sp³-hybridized carbons (Fsp3) is 0.0833. The van der Waals surface area contributed by atoms with Crippen molar-refractivity contribution in [3.63, 3.8) is 0 Å². The number of fused-ring (bicyclic) bond motifs is 1. The molecule has 3 aromatic heterocycles. The zero-order valence-electron chi connectivity index (χ0n) is 16.8. The molecule has 0 bridgehead atoms. The first-order valence-corrected chi connectivity index (χ1v) is 10.3. The third-order valence-corrected chi connectivity index (χ3v) is 5.58. The van der Waals surface area contributed by atoms with Crippen LogP contribution in [0.3, 0.4) is 0 Å². The van der Waals surface area contributed by atoms with Crippen LogP contribution in [-0.2, 0) is 0 Å². The number of hydrogen-bond acceptors (Lipinski definition) is 6. The maximum Gasteiger partial charge on any atom is 0.154 e. The van der Waals surface area contributed by atoms with Crippen molar-refractivity contribution in [2.24, 2.45) is 0 Å². The van der Waals surface area contributed by atoms with E-state index in [2.05, 4.69) is 15.9 Å². The number of hydrogen-bond donors (Lipinski definition) is 0. The molecule has 0 amide bonds. The van der Waals surface area contributed by atoms with Gasteiger partial charge in [-0.3, -0.25) is 0 Å². The molecule has 5 rings (SSSR count). The highest BCUT2D eigenvalue weighted by molar-refractivity contribution is 9.10. The quantitative estimate of drug-likeness (QED) is 0.284. The summed E-state index contributed by atoms with van der Waals surface area (Å²) in [6.45, 7) is 0. The summed E-state index contributed by atoms with van der Waals surface area (Å²) in [5.41, 5.74) is 4.56. The van der Waals surface area contributed by atoms with Crippen LogP contribution in [-0.4, -0.2) is 24.2 Å². The Morgan fingerprint density at radius 1 is 0.742 bits per heavy atom. The van der Waals surface area contributed by atoms with Crippen LogP contribution in [0.5, 0.6) is 11.5 Å². The largest absolute Gasteiger partial charge is 0.497 e. The number of aromatic nitrogens is 2. The minimum absolute atomic E-state index is 0.615. The first-order chi connectivity index (χ1) is 15.2. The normalized spacial score (nSPS) is 11.1. The molecule has 0 aliphatic rings. The smallest absolute Gasteiger partial charge is 0.154 e. The predicted octanol–water partition coefficient (Wildman–Crippen LogP) is 6.60. The summed E-state index contributed by atoms with van der Waals surface area (Å²) in [5.74, 6) is 2.65. The lowest BCUT2D eigenvalue weighted by Gasteiger charge is -2.12. The fourth-order valence-electron chi connectivity index (χ4n) is 3.43. The number of benzene rings is 2. The average Bonchev–Trinajstić information content (AvgIpc) is 3.52. The second kappa shape index (κ2) is 7.92. The van der Waals surface area contributed by atoms with Crippen LogP contribution in [0.4, 0.5) is 0 Å². The second-order valence-corrected chi connectivity index (χ2v) is 7.65. The van der Waals surface area contributed by atoms with Gasteiger partial charge in [-0.15, -0.1) is 0 Å². The average molecular weight is 477 g/mol. The van der Waals surface area contributed by atoms with Gasteiger partial charge in [-0.05, 0) is 59.7 Å². The maximum atomic E-state index is 5.62. The molecule has 6 nitrogen and oxygen atoms in total. The van der Waals surface area contributed by atoms with Crippen molar-refractivity contribution >= 4 is 27.0 Å². The first-order valence-electron chi connectivity index (χ1n) is 9.49. The van der Waals surface area contributed by atoms with Crippen molar-refractivity contribution in [1.82, 2.24) is 9.97 Å². The van der Waals surface area contributed by atoms with Gasteiger partial charge in [-0.25, -0.2) is 9.97 Å². The van der Waals surface area contributed by atoms with Gasteiger partial charge in [0.25, 0.3) is 0 Å². The standard InChI is InChI=1S/C24H17BrN2O4/c1-28-15-9-14(10-16(11-15)29-2)17-12-19-20(13-18(17)25)27-24(22-6-4-8-31-22)23(26-19)21-5-3-7-30-21/h3-13H,1-2H3. The van der Waals surface area contributed by atoms with Crippen molar-refractivity contribution in [2.45, 2.75) is 0 Å². The Labute approximate surface area is 186 Å². The van der Waals surface area contributed by atoms with Crippen LogP contribution >= 0.6 is 15.9 Å². The molecular formula is C24H17BrN2O4. The summed E-state index contributed by atoms with van der Waals surface area (Å²) in [6.07, 6.45) is 3.23. The highest BCUT2D eigenvalue weighted by atomic mass is 79.9. The number of methoxy groups -OCH3 is 2. The van der Waals surface area contributed by atoms with Crippen molar-refractivity contribution in [3.05, 3.63) is 71.6 Å². The van der Waals surface area contributed by atoms with Crippen molar-refractivity contribution in [1.29, 1.82) is 0 Å². The van der Waals surface area contributed by atoms with Crippen LogP contribution in [0.1, 0.15) is 0 Å². The molecule has 0 fully saturated rings. The summed E-state index contributed by atoms with van der Waals surface area (Å²) in [7, 11) is 3.26. The molecule has 7 heteroatoms. The minimum atomic E-state index is 0.615. The van der Waals surface area contributed by atoms with Gasteiger partial charge < -0.3 is 18.3 Å². The third-order valence-electron chi connectivity index (χ3n) is 4.92. The van der Waals surface area contributed by atoms with Gasteiger partial charge in [-0.2, -0.15) is 0 Å². The summed E-state index contributed by atoms with van der Waals surface area (Å²) in [6, 6.07) is 17.0. The molecule has 2 aromatic carbocycles. The minimum Gasteiger partial charge on any atom is -0.497 e. The molecular weight excluding hydrogens is 460 g/mol. The van der Waals surface area contributed by atoms with Gasteiger partial charge in [0.2, 0.25) is 0 Å². The SMILES string of the molecule is COc1cc(OC)cc(-c2cc3nc(-c4ccco4)c(-c4ccco4)nc3cc2Br)c1. The van der Waals surface area contributed by atoms with Crippen LogP contribution in [0, 0.1) is 0 Å². The molecule has 154 valence electrons. The van der Waals surface area contributed by atoms with Gasteiger partial charge in [-0.1, -0.05) is 15.9 Å². The van der Waals surface area contributed by atoms with E-state index in [9.17, 15) is 0 Å². The zero-order chi connectivity index (χ0) is 21.4. The molecule has 0 saturated carbocycles. The lowest BCUT2D eigenvalue weighted by atomic mass is 10.0. The first kappa shape index (κ1) is 19.4. The zero-order valence-corrected chi connectivity index (χ0v) is 18.3. The van der Waals surface area contributed by atoms with Gasteiger partial charge in [0.1, 0.15) is 22.9 Å². The van der Waals surface area contributed by atoms with E-state index in [0.29, 0.717) is 34.4 Å². The third kappa shape index (κ3) is 3.57. The van der Waals surface area contributed by atoms with Crippen molar-refractivity contribution < 1.29 is 18.3 Å². The predicted molar refractivity (Wildman–Crippen MR) is 121 cm³/mol. The molecule has 0 aliphatic heterocycles. The molecule has 0 aliphatic carbocycles. The Hall–Kier alpha value is -3.58. The monoisotopic (exact) mass is 476 g/mol. The molecule has 0 radical (unpaired) electrons. The summed E-state index contributed by atoms with van der Waals surface area (Å²) < 4.78 is 22.9. The Balaban J connectivity index is 1.74. The van der Waals surface area contributed by atoms with Gasteiger partial charge >= 0.3 is 0 Å². The van der Waals surface area contributed by atoms with E-state index in [0.717, 1.165) is 26.6 Å². The summed E-state index contributed by atoms with van der Waals surface area (Å²) in [4.78, 5) is 9.73. The number of furan rings is 2. The van der Waals surface area contributed by atoms with Gasteiger partial charge in [0.15, 0.2) is 11.5 Å². The molecule has 0 saturated heterocycles. The second-order valence-electron chi connectivity index (χ2n) is 6.80. The van der Waals surface area contributed by atoms with E-state index in [1.165, 1.54) is 0 Å². The fourth-order valence-corrected chi connectivity index (χ4v) is 3.99. The van der Waals surface area contributed by atoms with E-state index in [1.54, 1.807) is 26.7 Å². The molecule has 0 unspecified atom stereocenters. The van der Waals surface area contributed by atoms with E-state index in [4.69, 9.17) is 28.3 Å². The molecule has 0 spiro atoms. The van der Waals surface area contributed by atoms with Crippen LogP contribution in [0.2, 0.25) is 0 Å². The lowest BCUT2D eigenvalue weighted by Crippen LogP contribution is -1.95. The summed E-state index contributed by atoms with van der Waals surface area (Å²) in [5, 5.41) is 0. The summed E-state index contributed by atoms with van der Waals surface area (Å²) >= 11 is 3.69. The molecule has 3 heterocycles. The van der Waals surface area contributed by atoms with Crippen molar-refractivity contribution in [2.75, 3.05) is 14.2 Å². The van der Waals surface area contributed by atoms with Crippen LogP contribution in [0.25, 0.3) is 45.1 Å². The van der Waals surface area contributed by atoms with Crippen LogP contribution in [0.15, 0.2) is 80.4 Å².